The smallest absolute Gasteiger partial charge is 0.228 e. The van der Waals surface area contributed by atoms with Crippen LogP contribution < -0.4 is 15.8 Å². The monoisotopic (exact) mass is 296 g/mol. The van der Waals surface area contributed by atoms with Gasteiger partial charge in [-0.3, -0.25) is 4.79 Å². The molecule has 0 radical (unpaired) electrons. The minimum atomic E-state index is 0.0476. The van der Waals surface area contributed by atoms with Crippen LogP contribution in [0.15, 0.2) is 18.2 Å². The average Bonchev–Trinajstić information content (AvgIpc) is 2.92. The highest BCUT2D eigenvalue weighted by Crippen LogP contribution is 2.29. The molecule has 0 saturated carbocycles. The number of carbonyl (C=O) groups is 1. The maximum absolute atomic E-state index is 12.1. The number of hydrogen-bond acceptors (Lipinski definition) is 4. The van der Waals surface area contributed by atoms with Crippen LogP contribution in [0.25, 0.3) is 0 Å². The van der Waals surface area contributed by atoms with Crippen molar-refractivity contribution < 1.29 is 9.53 Å². The molecule has 1 heterocycles. The van der Waals surface area contributed by atoms with Crippen molar-refractivity contribution in [3.05, 3.63) is 23.8 Å². The Morgan fingerprint density at radius 1 is 1.58 bits per heavy atom. The number of nitrogens with two attached hydrogens (primary N) is 1. The van der Waals surface area contributed by atoms with Gasteiger partial charge in [-0.1, -0.05) is 12.2 Å². The molecule has 0 spiro atoms. The molecule has 3 N–H and O–H groups in total. The Labute approximate surface area is 122 Å². The van der Waals surface area contributed by atoms with Crippen LogP contribution in [0.3, 0.4) is 0 Å². The molecule has 0 bridgehead atoms. The summed E-state index contributed by atoms with van der Waals surface area (Å²) in [6, 6.07) is 5.29. The van der Waals surface area contributed by atoms with Crippen molar-refractivity contribution in [3.8, 4) is 5.75 Å². The first kappa shape index (κ1) is 14.1. The van der Waals surface area contributed by atoms with E-state index in [1.54, 1.807) is 25.3 Å². The molecule has 1 aromatic rings. The van der Waals surface area contributed by atoms with Crippen LogP contribution in [0.4, 0.5) is 5.69 Å². The Kier molecular flexibility index (Phi) is 4.66. The third-order valence-electron chi connectivity index (χ3n) is 3.04. The number of anilines is 1. The zero-order valence-electron chi connectivity index (χ0n) is 10.6. The van der Waals surface area contributed by atoms with Gasteiger partial charge in [-0.05, 0) is 30.4 Å². The largest absolute Gasteiger partial charge is 0.495 e. The number of ether oxygens (including phenoxy) is 1. The second-order valence-corrected chi connectivity index (χ2v) is 5.92. The van der Waals surface area contributed by atoms with E-state index in [0.29, 0.717) is 16.4 Å². The van der Waals surface area contributed by atoms with Gasteiger partial charge in [-0.2, -0.15) is 11.8 Å². The molecule has 4 nitrogen and oxygen atoms in total. The van der Waals surface area contributed by atoms with E-state index < -0.39 is 0 Å². The standard InChI is InChI=1S/C13H16N2O2S2/c1-17-11-6-8(12(14)18)2-3-10(11)15-13(16)9-4-5-19-7-9/h2-3,6,9H,4-5,7H2,1H3,(H2,14,18)(H,15,16). The first-order valence-electron chi connectivity index (χ1n) is 5.98. The summed E-state index contributed by atoms with van der Waals surface area (Å²) >= 11 is 6.73. The summed E-state index contributed by atoms with van der Waals surface area (Å²) in [6.07, 6.45) is 0.934. The zero-order chi connectivity index (χ0) is 13.8. The molecule has 1 atom stereocenters. The normalized spacial score (nSPS) is 18.1. The van der Waals surface area contributed by atoms with Gasteiger partial charge in [0.2, 0.25) is 5.91 Å². The molecule has 1 aromatic carbocycles. The van der Waals surface area contributed by atoms with Gasteiger partial charge in [-0.15, -0.1) is 0 Å². The van der Waals surface area contributed by atoms with Crippen molar-refractivity contribution in [1.82, 2.24) is 0 Å². The first-order chi connectivity index (χ1) is 9.11. The van der Waals surface area contributed by atoms with Crippen LogP contribution in [-0.4, -0.2) is 29.5 Å². The van der Waals surface area contributed by atoms with E-state index >= 15 is 0 Å². The molecule has 19 heavy (non-hydrogen) atoms. The molecule has 1 aliphatic heterocycles. The van der Waals surface area contributed by atoms with E-state index in [9.17, 15) is 4.79 Å². The third-order valence-corrected chi connectivity index (χ3v) is 4.44. The quantitative estimate of drug-likeness (QED) is 0.832. The second kappa shape index (κ2) is 6.25. The molecule has 1 unspecified atom stereocenters. The van der Waals surface area contributed by atoms with Crippen molar-refractivity contribution in [1.29, 1.82) is 0 Å². The third kappa shape index (κ3) is 3.39. The van der Waals surface area contributed by atoms with E-state index in [1.807, 2.05) is 11.8 Å². The number of thiocarbonyl (C=S) groups is 1. The molecule has 0 aromatic heterocycles. The van der Waals surface area contributed by atoms with Crippen LogP contribution in [0, 0.1) is 5.92 Å². The zero-order valence-corrected chi connectivity index (χ0v) is 12.3. The summed E-state index contributed by atoms with van der Waals surface area (Å²) in [5.74, 6) is 2.65. The van der Waals surface area contributed by atoms with Crippen LogP contribution >= 0.6 is 24.0 Å². The number of nitrogens with one attached hydrogen (secondary N) is 1. The fourth-order valence-electron chi connectivity index (χ4n) is 1.92. The van der Waals surface area contributed by atoms with Gasteiger partial charge in [0, 0.05) is 17.2 Å². The maximum atomic E-state index is 12.1. The first-order valence-corrected chi connectivity index (χ1v) is 7.54. The Morgan fingerprint density at radius 2 is 2.37 bits per heavy atom. The molecule has 102 valence electrons. The fourth-order valence-corrected chi connectivity index (χ4v) is 3.27. The van der Waals surface area contributed by atoms with E-state index in [1.165, 1.54) is 0 Å². The van der Waals surface area contributed by atoms with Crippen molar-refractivity contribution in [2.45, 2.75) is 6.42 Å². The Hall–Kier alpha value is -1.27. The summed E-state index contributed by atoms with van der Waals surface area (Å²) < 4.78 is 5.26. The molecule has 6 heteroatoms. The van der Waals surface area contributed by atoms with E-state index in [2.05, 4.69) is 5.32 Å². The number of rotatable bonds is 4. The Bertz CT molecular complexity index is 499. The highest BCUT2D eigenvalue weighted by atomic mass is 32.2. The lowest BCUT2D eigenvalue weighted by Crippen LogP contribution is -2.22. The van der Waals surface area contributed by atoms with Crippen molar-refractivity contribution in [3.63, 3.8) is 0 Å². The summed E-state index contributed by atoms with van der Waals surface area (Å²) in [4.78, 5) is 12.4. The predicted molar refractivity (Wildman–Crippen MR) is 82.9 cm³/mol. The molecular formula is C13H16N2O2S2. The molecule has 1 amide bonds. The van der Waals surface area contributed by atoms with Gasteiger partial charge >= 0.3 is 0 Å². The van der Waals surface area contributed by atoms with Crippen molar-refractivity contribution in [2.75, 3.05) is 23.9 Å². The number of carbonyl (C=O) groups excluding carboxylic acids is 1. The number of methoxy groups -OCH3 is 1. The highest BCUT2D eigenvalue weighted by molar-refractivity contribution is 7.99. The molecular weight excluding hydrogens is 280 g/mol. The number of hydrogen-bond donors (Lipinski definition) is 2. The SMILES string of the molecule is COc1cc(C(N)=S)ccc1NC(=O)C1CCSC1. The lowest BCUT2D eigenvalue weighted by molar-refractivity contribution is -0.119. The molecule has 2 rings (SSSR count). The lowest BCUT2D eigenvalue weighted by Gasteiger charge is -2.14. The average molecular weight is 296 g/mol. The van der Waals surface area contributed by atoms with Crippen LogP contribution in [0.1, 0.15) is 12.0 Å². The summed E-state index contributed by atoms with van der Waals surface area (Å²) in [5.41, 5.74) is 6.95. The van der Waals surface area contributed by atoms with Gasteiger partial charge in [-0.25, -0.2) is 0 Å². The number of thioether (sulfide) groups is 1. The van der Waals surface area contributed by atoms with Gasteiger partial charge in [0.15, 0.2) is 0 Å². The van der Waals surface area contributed by atoms with Crippen molar-refractivity contribution >= 4 is 40.6 Å². The summed E-state index contributed by atoms with van der Waals surface area (Å²) in [7, 11) is 1.56. The minimum Gasteiger partial charge on any atom is -0.495 e. The fraction of sp³-hybridized carbons (Fsp3) is 0.385. The van der Waals surface area contributed by atoms with Gasteiger partial charge in [0.25, 0.3) is 0 Å². The van der Waals surface area contributed by atoms with E-state index in [4.69, 9.17) is 22.7 Å². The van der Waals surface area contributed by atoms with E-state index in [0.717, 1.165) is 23.5 Å². The van der Waals surface area contributed by atoms with Gasteiger partial charge in [0.1, 0.15) is 10.7 Å². The van der Waals surface area contributed by atoms with Gasteiger partial charge in [0.05, 0.1) is 12.8 Å². The number of amides is 1. The predicted octanol–water partition coefficient (Wildman–Crippen LogP) is 2.02. The van der Waals surface area contributed by atoms with Crippen LogP contribution in [-0.2, 0) is 4.79 Å². The highest BCUT2D eigenvalue weighted by Gasteiger charge is 2.23. The Morgan fingerprint density at radius 3 is 2.95 bits per heavy atom. The topological polar surface area (TPSA) is 64.3 Å². The van der Waals surface area contributed by atoms with Crippen LogP contribution in [0.2, 0.25) is 0 Å². The second-order valence-electron chi connectivity index (χ2n) is 4.33. The molecule has 1 saturated heterocycles. The number of benzene rings is 1. The van der Waals surface area contributed by atoms with Crippen LogP contribution in [0.5, 0.6) is 5.75 Å². The molecule has 1 fully saturated rings. The van der Waals surface area contributed by atoms with Crippen molar-refractivity contribution in [2.24, 2.45) is 11.7 Å². The maximum Gasteiger partial charge on any atom is 0.228 e. The minimum absolute atomic E-state index is 0.0476. The van der Waals surface area contributed by atoms with Gasteiger partial charge < -0.3 is 15.8 Å². The van der Waals surface area contributed by atoms with E-state index in [-0.39, 0.29) is 11.8 Å². The molecule has 0 aliphatic carbocycles. The summed E-state index contributed by atoms with van der Waals surface area (Å²) in [6.45, 7) is 0. The lowest BCUT2D eigenvalue weighted by atomic mass is 10.1. The molecule has 1 aliphatic rings. The summed E-state index contributed by atoms with van der Waals surface area (Å²) in [5, 5.41) is 2.91. The Balaban J connectivity index is 2.15.